The van der Waals surface area contributed by atoms with Crippen LogP contribution in [0.2, 0.25) is 0 Å². The Morgan fingerprint density at radius 1 is 0.952 bits per heavy atom. The lowest BCUT2D eigenvalue weighted by molar-refractivity contribution is 0.0927. The molecule has 0 aromatic carbocycles. The van der Waals surface area contributed by atoms with Crippen molar-refractivity contribution in [3.63, 3.8) is 0 Å². The number of carbonyl (C=O) groups is 1. The number of hydrogen-bond donors (Lipinski definition) is 2. The second-order valence-corrected chi connectivity index (χ2v) is 6.37. The number of nitrogens with zero attached hydrogens (tertiary/aromatic N) is 1. The molecule has 4 nitrogen and oxygen atoms in total. The fraction of sp³-hybridized carbons (Fsp3) is 0.647. The first-order valence-corrected chi connectivity index (χ1v) is 8.35. The molecule has 2 fully saturated rings. The van der Waals surface area contributed by atoms with Gasteiger partial charge in [0.1, 0.15) is 5.82 Å². The van der Waals surface area contributed by atoms with Gasteiger partial charge in [0.25, 0.3) is 5.91 Å². The number of pyridine rings is 1. The van der Waals surface area contributed by atoms with Crippen LogP contribution in [0.1, 0.15) is 68.1 Å². The van der Waals surface area contributed by atoms with Gasteiger partial charge in [-0.15, -0.1) is 0 Å². The number of anilines is 1. The Balaban J connectivity index is 1.53. The predicted octanol–water partition coefficient (Wildman–Crippen LogP) is 3.50. The van der Waals surface area contributed by atoms with Crippen LogP contribution in [-0.2, 0) is 0 Å². The van der Waals surface area contributed by atoms with E-state index in [2.05, 4.69) is 15.6 Å². The van der Waals surface area contributed by atoms with Crippen molar-refractivity contribution in [1.29, 1.82) is 0 Å². The smallest absolute Gasteiger partial charge is 0.253 e. The van der Waals surface area contributed by atoms with Crippen LogP contribution in [0.25, 0.3) is 0 Å². The second-order valence-electron chi connectivity index (χ2n) is 6.37. The molecule has 0 bridgehead atoms. The van der Waals surface area contributed by atoms with Crippen molar-refractivity contribution in [2.75, 3.05) is 5.32 Å². The van der Waals surface area contributed by atoms with Crippen molar-refractivity contribution < 1.29 is 4.79 Å². The third-order valence-corrected chi connectivity index (χ3v) is 4.67. The molecule has 21 heavy (non-hydrogen) atoms. The summed E-state index contributed by atoms with van der Waals surface area (Å²) in [7, 11) is 0. The second kappa shape index (κ2) is 6.92. The molecule has 0 atom stereocenters. The Morgan fingerprint density at radius 3 is 2.29 bits per heavy atom. The minimum absolute atomic E-state index is 0.0156. The Bertz CT molecular complexity index is 459. The van der Waals surface area contributed by atoms with E-state index in [0.29, 0.717) is 17.6 Å². The Labute approximate surface area is 126 Å². The Hall–Kier alpha value is -1.58. The normalized spacial score (nSPS) is 20.4. The van der Waals surface area contributed by atoms with Gasteiger partial charge in [0.15, 0.2) is 0 Å². The molecule has 2 saturated carbocycles. The molecular formula is C17H25N3O. The summed E-state index contributed by atoms with van der Waals surface area (Å²) < 4.78 is 0. The number of rotatable bonds is 4. The van der Waals surface area contributed by atoms with Crippen LogP contribution >= 0.6 is 0 Å². The van der Waals surface area contributed by atoms with E-state index in [1.807, 2.05) is 12.1 Å². The van der Waals surface area contributed by atoms with Crippen molar-refractivity contribution >= 4 is 11.7 Å². The minimum Gasteiger partial charge on any atom is -0.367 e. The summed E-state index contributed by atoms with van der Waals surface area (Å²) in [5.74, 6) is 0.901. The monoisotopic (exact) mass is 287 g/mol. The highest BCUT2D eigenvalue weighted by atomic mass is 16.1. The molecule has 4 heteroatoms. The van der Waals surface area contributed by atoms with Crippen molar-refractivity contribution in [1.82, 2.24) is 10.3 Å². The zero-order valence-electron chi connectivity index (χ0n) is 12.6. The zero-order valence-corrected chi connectivity index (χ0v) is 12.6. The summed E-state index contributed by atoms with van der Waals surface area (Å²) in [5.41, 5.74) is 0.664. The summed E-state index contributed by atoms with van der Waals surface area (Å²) >= 11 is 0. The molecule has 0 aliphatic heterocycles. The highest BCUT2D eigenvalue weighted by molar-refractivity contribution is 5.94. The molecule has 1 aromatic rings. The standard InChI is InChI=1S/C17H25N3O/c21-17(20-15-6-2-1-3-7-15)13-10-11-16(18-12-13)19-14-8-4-5-9-14/h10-12,14-15H,1-9H2,(H,18,19)(H,20,21). The largest absolute Gasteiger partial charge is 0.367 e. The van der Waals surface area contributed by atoms with Crippen molar-refractivity contribution in [2.45, 2.75) is 69.9 Å². The minimum atomic E-state index is 0.0156. The van der Waals surface area contributed by atoms with Gasteiger partial charge in [0, 0.05) is 18.3 Å². The van der Waals surface area contributed by atoms with E-state index in [0.717, 1.165) is 18.7 Å². The van der Waals surface area contributed by atoms with Gasteiger partial charge in [0.05, 0.1) is 5.56 Å². The van der Waals surface area contributed by atoms with Gasteiger partial charge in [0.2, 0.25) is 0 Å². The molecule has 0 radical (unpaired) electrons. The lowest BCUT2D eigenvalue weighted by atomic mass is 9.95. The van der Waals surface area contributed by atoms with Gasteiger partial charge in [-0.3, -0.25) is 4.79 Å². The van der Waals surface area contributed by atoms with Gasteiger partial charge in [-0.25, -0.2) is 4.98 Å². The number of hydrogen-bond acceptors (Lipinski definition) is 3. The number of amides is 1. The summed E-state index contributed by atoms with van der Waals surface area (Å²) in [6, 6.07) is 4.71. The maximum atomic E-state index is 12.2. The van der Waals surface area contributed by atoms with E-state index in [4.69, 9.17) is 0 Å². The molecule has 0 unspecified atom stereocenters. The third-order valence-electron chi connectivity index (χ3n) is 4.67. The Morgan fingerprint density at radius 2 is 1.62 bits per heavy atom. The fourth-order valence-electron chi connectivity index (χ4n) is 3.41. The van der Waals surface area contributed by atoms with Crippen LogP contribution in [-0.4, -0.2) is 23.0 Å². The summed E-state index contributed by atoms with van der Waals surface area (Å²) in [6.45, 7) is 0. The van der Waals surface area contributed by atoms with E-state index in [1.165, 1.54) is 44.9 Å². The molecule has 0 spiro atoms. The molecule has 2 aliphatic carbocycles. The molecule has 3 rings (SSSR count). The molecule has 2 N–H and O–H groups in total. The number of aromatic nitrogens is 1. The van der Waals surface area contributed by atoms with E-state index >= 15 is 0 Å². The quantitative estimate of drug-likeness (QED) is 0.891. The van der Waals surface area contributed by atoms with Crippen molar-refractivity contribution in [3.05, 3.63) is 23.9 Å². The van der Waals surface area contributed by atoms with Gasteiger partial charge in [-0.2, -0.15) is 0 Å². The molecule has 2 aliphatic rings. The lowest BCUT2D eigenvalue weighted by Gasteiger charge is -2.22. The molecular weight excluding hydrogens is 262 g/mol. The molecule has 1 amide bonds. The topological polar surface area (TPSA) is 54.0 Å². The molecule has 1 heterocycles. The molecule has 114 valence electrons. The van der Waals surface area contributed by atoms with E-state index in [-0.39, 0.29) is 5.91 Å². The van der Waals surface area contributed by atoms with E-state index in [1.54, 1.807) is 6.20 Å². The van der Waals surface area contributed by atoms with Crippen LogP contribution < -0.4 is 10.6 Å². The maximum absolute atomic E-state index is 12.2. The highest BCUT2D eigenvalue weighted by Crippen LogP contribution is 2.21. The third kappa shape index (κ3) is 3.96. The first kappa shape index (κ1) is 14.4. The van der Waals surface area contributed by atoms with Crippen LogP contribution in [0.4, 0.5) is 5.82 Å². The van der Waals surface area contributed by atoms with Crippen LogP contribution in [0.15, 0.2) is 18.3 Å². The summed E-state index contributed by atoms with van der Waals surface area (Å²) in [4.78, 5) is 16.6. The first-order valence-electron chi connectivity index (χ1n) is 8.35. The lowest BCUT2D eigenvalue weighted by Crippen LogP contribution is -2.36. The summed E-state index contributed by atoms with van der Waals surface area (Å²) in [6.07, 6.45) is 12.7. The average molecular weight is 287 g/mol. The van der Waals surface area contributed by atoms with Gasteiger partial charge < -0.3 is 10.6 Å². The van der Waals surface area contributed by atoms with Crippen LogP contribution in [0, 0.1) is 0 Å². The van der Waals surface area contributed by atoms with Gasteiger partial charge in [-0.05, 0) is 37.8 Å². The number of nitrogens with one attached hydrogen (secondary N) is 2. The molecule has 1 aromatic heterocycles. The maximum Gasteiger partial charge on any atom is 0.253 e. The van der Waals surface area contributed by atoms with Gasteiger partial charge in [-0.1, -0.05) is 32.1 Å². The first-order chi connectivity index (χ1) is 10.3. The zero-order chi connectivity index (χ0) is 14.5. The molecule has 0 saturated heterocycles. The van der Waals surface area contributed by atoms with E-state index < -0.39 is 0 Å². The van der Waals surface area contributed by atoms with E-state index in [9.17, 15) is 4.79 Å². The fourth-order valence-corrected chi connectivity index (χ4v) is 3.41. The SMILES string of the molecule is O=C(NC1CCCCC1)c1ccc(NC2CCCC2)nc1. The highest BCUT2D eigenvalue weighted by Gasteiger charge is 2.17. The van der Waals surface area contributed by atoms with Crippen molar-refractivity contribution in [3.8, 4) is 0 Å². The van der Waals surface area contributed by atoms with Gasteiger partial charge >= 0.3 is 0 Å². The van der Waals surface area contributed by atoms with Crippen LogP contribution in [0.5, 0.6) is 0 Å². The van der Waals surface area contributed by atoms with Crippen LogP contribution in [0.3, 0.4) is 0 Å². The average Bonchev–Trinajstić information content (AvgIpc) is 3.02. The predicted molar refractivity (Wildman–Crippen MR) is 84.5 cm³/mol. The number of carbonyl (C=O) groups excluding carboxylic acids is 1. The summed E-state index contributed by atoms with van der Waals surface area (Å²) in [5, 5.41) is 6.57. The Kier molecular flexibility index (Phi) is 4.73. The van der Waals surface area contributed by atoms with Crippen molar-refractivity contribution in [2.24, 2.45) is 0 Å².